The van der Waals surface area contributed by atoms with Gasteiger partial charge in [-0.05, 0) is 61.1 Å². The van der Waals surface area contributed by atoms with Gasteiger partial charge in [-0.15, -0.1) is 0 Å². The second-order valence-corrected chi connectivity index (χ2v) is 9.34. The second-order valence-electron chi connectivity index (χ2n) is 9.34. The molecule has 2 aliphatic heterocycles. The number of amides is 1. The van der Waals surface area contributed by atoms with Crippen molar-refractivity contribution in [2.75, 3.05) is 12.1 Å². The molecule has 2 heterocycles. The second kappa shape index (κ2) is 7.81. The number of hydrogen-bond acceptors (Lipinski definition) is 5. The van der Waals surface area contributed by atoms with Gasteiger partial charge >= 0.3 is 0 Å². The van der Waals surface area contributed by atoms with Gasteiger partial charge in [0, 0.05) is 12.2 Å². The van der Waals surface area contributed by atoms with Gasteiger partial charge in [0.15, 0.2) is 11.5 Å². The molecule has 0 atom stereocenters. The van der Waals surface area contributed by atoms with Crippen molar-refractivity contribution in [3.8, 4) is 17.6 Å². The molecule has 0 saturated heterocycles. The van der Waals surface area contributed by atoms with Gasteiger partial charge in [-0.3, -0.25) is 4.79 Å². The first-order valence-electron chi connectivity index (χ1n) is 11.7. The molecule has 34 heavy (non-hydrogen) atoms. The minimum Gasteiger partial charge on any atom is -0.454 e. The topological polar surface area (TPSA) is 74.6 Å². The normalized spacial score (nSPS) is 24.9. The van der Waals surface area contributed by atoms with Gasteiger partial charge in [0.2, 0.25) is 6.79 Å². The molecule has 1 N–H and O–H groups in total. The van der Waals surface area contributed by atoms with Crippen LogP contribution in [0.1, 0.15) is 47.2 Å². The summed E-state index contributed by atoms with van der Waals surface area (Å²) in [6.07, 6.45) is 2.71. The van der Waals surface area contributed by atoms with Crippen LogP contribution in [0.25, 0.3) is 0 Å². The molecule has 1 amide bonds. The number of nitrogens with zero attached hydrogens (tertiary/aromatic N) is 2. The SMILES string of the molecule is N#CC1(c2ccccc2)CCC2(CC1)Nc1ccccc1C(=O)N2Cc1ccc2c(c1)OCO2. The monoisotopic (exact) mass is 451 g/mol. The van der Waals surface area contributed by atoms with E-state index in [4.69, 9.17) is 9.47 Å². The third-order valence-corrected chi connectivity index (χ3v) is 7.54. The standard InChI is InChI=1S/C28H25N3O3/c29-18-27(21-6-2-1-3-7-21)12-14-28(15-13-27)30-23-9-5-4-8-22(23)26(32)31(28)17-20-10-11-24-25(16-20)34-19-33-24/h1-11,16,30H,12-15,17,19H2. The van der Waals surface area contributed by atoms with Crippen molar-refractivity contribution in [3.63, 3.8) is 0 Å². The van der Waals surface area contributed by atoms with E-state index in [-0.39, 0.29) is 12.7 Å². The lowest BCUT2D eigenvalue weighted by Gasteiger charge is -2.53. The van der Waals surface area contributed by atoms with E-state index in [1.54, 1.807) is 0 Å². The Balaban J connectivity index is 1.36. The number of carbonyl (C=O) groups excluding carboxylic acids is 1. The largest absolute Gasteiger partial charge is 0.454 e. The van der Waals surface area contributed by atoms with Crippen LogP contribution in [0.15, 0.2) is 72.8 Å². The number of ether oxygens (including phenoxy) is 2. The van der Waals surface area contributed by atoms with Gasteiger partial charge in [-0.1, -0.05) is 48.5 Å². The zero-order chi connectivity index (χ0) is 23.2. The molecule has 1 fully saturated rings. The van der Waals surface area contributed by atoms with Crippen LogP contribution in [-0.4, -0.2) is 23.3 Å². The number of hydrogen-bond donors (Lipinski definition) is 1. The van der Waals surface area contributed by atoms with E-state index in [2.05, 4.69) is 11.4 Å². The van der Waals surface area contributed by atoms with Crippen molar-refractivity contribution < 1.29 is 14.3 Å². The summed E-state index contributed by atoms with van der Waals surface area (Å²) in [5, 5.41) is 13.9. The Kier molecular flexibility index (Phi) is 4.73. The lowest BCUT2D eigenvalue weighted by atomic mass is 9.66. The van der Waals surface area contributed by atoms with Crippen molar-refractivity contribution in [1.29, 1.82) is 5.26 Å². The van der Waals surface area contributed by atoms with Crippen molar-refractivity contribution in [2.24, 2.45) is 0 Å². The molecular formula is C28H25N3O3. The lowest BCUT2D eigenvalue weighted by molar-refractivity contribution is 0.0309. The Bertz CT molecular complexity index is 1290. The zero-order valence-electron chi connectivity index (χ0n) is 18.8. The summed E-state index contributed by atoms with van der Waals surface area (Å²) in [4.78, 5) is 15.8. The first-order chi connectivity index (χ1) is 16.6. The molecule has 6 rings (SSSR count). The fourth-order valence-corrected chi connectivity index (χ4v) is 5.59. The number of nitriles is 1. The van der Waals surface area contributed by atoms with Crippen LogP contribution in [0.4, 0.5) is 5.69 Å². The summed E-state index contributed by atoms with van der Waals surface area (Å²) >= 11 is 0. The van der Waals surface area contributed by atoms with E-state index in [0.29, 0.717) is 43.5 Å². The highest BCUT2D eigenvalue weighted by Gasteiger charge is 2.51. The van der Waals surface area contributed by atoms with E-state index >= 15 is 0 Å². The van der Waals surface area contributed by atoms with Crippen molar-refractivity contribution in [1.82, 2.24) is 4.90 Å². The maximum atomic E-state index is 13.8. The molecule has 3 aromatic carbocycles. The summed E-state index contributed by atoms with van der Waals surface area (Å²) < 4.78 is 11.0. The van der Waals surface area contributed by atoms with Crippen LogP contribution in [0.5, 0.6) is 11.5 Å². The van der Waals surface area contributed by atoms with Crippen LogP contribution >= 0.6 is 0 Å². The first-order valence-corrected chi connectivity index (χ1v) is 11.7. The summed E-state index contributed by atoms with van der Waals surface area (Å²) in [7, 11) is 0. The van der Waals surface area contributed by atoms with E-state index in [1.165, 1.54) is 0 Å². The third-order valence-electron chi connectivity index (χ3n) is 7.54. The van der Waals surface area contributed by atoms with Gasteiger partial charge in [-0.2, -0.15) is 5.26 Å². The van der Waals surface area contributed by atoms with E-state index in [9.17, 15) is 10.1 Å². The number of rotatable bonds is 3. The predicted molar refractivity (Wildman–Crippen MR) is 127 cm³/mol. The minimum atomic E-state index is -0.559. The molecule has 170 valence electrons. The Hall–Kier alpha value is -3.98. The molecule has 6 heteroatoms. The average molecular weight is 452 g/mol. The Labute approximate surface area is 198 Å². The van der Waals surface area contributed by atoms with Crippen LogP contribution in [0.3, 0.4) is 0 Å². The van der Waals surface area contributed by atoms with Gasteiger partial charge in [0.05, 0.1) is 17.0 Å². The molecule has 3 aliphatic rings. The number of fused-ring (bicyclic) bond motifs is 2. The predicted octanol–water partition coefficient (Wildman–Crippen LogP) is 5.22. The van der Waals surface area contributed by atoms with Crippen LogP contribution in [-0.2, 0) is 12.0 Å². The lowest BCUT2D eigenvalue weighted by Crippen LogP contribution is -2.62. The number of carbonyl (C=O) groups is 1. The van der Waals surface area contributed by atoms with Crippen molar-refractivity contribution in [3.05, 3.63) is 89.5 Å². The van der Waals surface area contributed by atoms with E-state index in [1.807, 2.05) is 77.7 Å². The zero-order valence-corrected chi connectivity index (χ0v) is 18.8. The quantitative estimate of drug-likeness (QED) is 0.591. The Morgan fingerprint density at radius 3 is 2.44 bits per heavy atom. The maximum absolute atomic E-state index is 13.8. The van der Waals surface area contributed by atoms with Gasteiger partial charge in [0.25, 0.3) is 5.91 Å². The van der Waals surface area contributed by atoms with E-state index < -0.39 is 11.1 Å². The van der Waals surface area contributed by atoms with Crippen LogP contribution in [0.2, 0.25) is 0 Å². The summed E-state index contributed by atoms with van der Waals surface area (Å²) in [6.45, 7) is 0.664. The fourth-order valence-electron chi connectivity index (χ4n) is 5.59. The summed E-state index contributed by atoms with van der Waals surface area (Å²) in [5.74, 6) is 1.45. The first kappa shape index (κ1) is 20.6. The molecule has 3 aromatic rings. The maximum Gasteiger partial charge on any atom is 0.258 e. The molecule has 0 radical (unpaired) electrons. The third kappa shape index (κ3) is 3.19. The summed E-state index contributed by atoms with van der Waals surface area (Å²) in [6, 6.07) is 26.2. The van der Waals surface area contributed by atoms with Gasteiger partial charge < -0.3 is 19.7 Å². The Morgan fingerprint density at radius 2 is 1.65 bits per heavy atom. The van der Waals surface area contributed by atoms with Gasteiger partial charge in [-0.25, -0.2) is 0 Å². The Morgan fingerprint density at radius 1 is 0.912 bits per heavy atom. The van der Waals surface area contributed by atoms with Gasteiger partial charge in [0.1, 0.15) is 5.66 Å². The number of benzene rings is 3. The summed E-state index contributed by atoms with van der Waals surface area (Å²) in [5.41, 5.74) is 2.47. The molecule has 1 saturated carbocycles. The highest BCUT2D eigenvalue weighted by Crippen LogP contribution is 2.48. The highest BCUT2D eigenvalue weighted by molar-refractivity contribution is 6.02. The van der Waals surface area contributed by atoms with Crippen molar-refractivity contribution >= 4 is 11.6 Å². The van der Waals surface area contributed by atoms with Crippen LogP contribution in [0, 0.1) is 11.3 Å². The van der Waals surface area contributed by atoms with Crippen molar-refractivity contribution in [2.45, 2.75) is 43.3 Å². The van der Waals surface area contributed by atoms with E-state index in [0.717, 1.165) is 22.6 Å². The molecule has 6 nitrogen and oxygen atoms in total. The molecule has 1 spiro atoms. The average Bonchev–Trinajstić information content (AvgIpc) is 3.36. The smallest absolute Gasteiger partial charge is 0.258 e. The number of nitrogens with one attached hydrogen (secondary N) is 1. The number of para-hydroxylation sites is 1. The molecule has 0 unspecified atom stereocenters. The molecule has 0 aromatic heterocycles. The van der Waals surface area contributed by atoms with Crippen LogP contribution < -0.4 is 14.8 Å². The highest BCUT2D eigenvalue weighted by atomic mass is 16.7. The minimum absolute atomic E-state index is 0.0104. The molecular weight excluding hydrogens is 426 g/mol. The molecule has 0 bridgehead atoms. The fraction of sp³-hybridized carbons (Fsp3) is 0.286. The molecule has 1 aliphatic carbocycles. The number of anilines is 1.